The molecule has 2 aromatic rings. The average molecular weight is 308 g/mol. The van der Waals surface area contributed by atoms with E-state index in [-0.39, 0.29) is 11.1 Å². The number of ether oxygens (including phenoxy) is 2. The third kappa shape index (κ3) is 2.82. The Morgan fingerprint density at radius 2 is 1.71 bits per heavy atom. The molecule has 1 unspecified atom stereocenters. The van der Waals surface area contributed by atoms with E-state index in [1.807, 2.05) is 31.3 Å². The van der Waals surface area contributed by atoms with Crippen LogP contribution in [0, 0.1) is 5.82 Å². The summed E-state index contributed by atoms with van der Waals surface area (Å²) in [5, 5.41) is 3.30. The molecular weight excluding hydrogens is 293 g/mol. The summed E-state index contributed by atoms with van der Waals surface area (Å²) < 4.78 is 24.8. The Labute approximate surface area is 127 Å². The van der Waals surface area contributed by atoms with Gasteiger partial charge in [-0.05, 0) is 42.4 Å². The van der Waals surface area contributed by atoms with Crippen LogP contribution in [-0.4, -0.2) is 20.3 Å². The van der Waals surface area contributed by atoms with E-state index < -0.39 is 5.82 Å². The average Bonchev–Trinajstić information content (AvgIpc) is 2.51. The number of nitrogens with one attached hydrogen (secondary N) is 1. The Bertz CT molecular complexity index is 663. The highest BCUT2D eigenvalue weighted by atomic mass is 35.5. The van der Waals surface area contributed by atoms with Crippen LogP contribution in [0.4, 0.5) is 4.39 Å². The SMILES string of the molecule is CNC(c1ccc(Cl)c(F)c1)c1ccc2c(c1)OCCO2. The van der Waals surface area contributed by atoms with Gasteiger partial charge < -0.3 is 14.8 Å². The minimum atomic E-state index is -0.424. The molecule has 2 aromatic carbocycles. The van der Waals surface area contributed by atoms with Gasteiger partial charge in [0.05, 0.1) is 11.1 Å². The summed E-state index contributed by atoms with van der Waals surface area (Å²) in [6.07, 6.45) is 0. The van der Waals surface area contributed by atoms with Crippen molar-refractivity contribution in [3.8, 4) is 11.5 Å². The zero-order valence-corrected chi connectivity index (χ0v) is 12.3. The van der Waals surface area contributed by atoms with Crippen molar-refractivity contribution in [2.24, 2.45) is 0 Å². The van der Waals surface area contributed by atoms with Crippen LogP contribution in [0.25, 0.3) is 0 Å². The van der Waals surface area contributed by atoms with Gasteiger partial charge in [0.1, 0.15) is 19.0 Å². The zero-order valence-electron chi connectivity index (χ0n) is 11.5. The number of halogens is 2. The second-order valence-corrected chi connectivity index (χ2v) is 5.21. The topological polar surface area (TPSA) is 30.5 Å². The maximum atomic E-state index is 13.7. The summed E-state index contributed by atoms with van der Waals surface area (Å²) >= 11 is 5.74. The maximum absolute atomic E-state index is 13.7. The summed E-state index contributed by atoms with van der Waals surface area (Å²) in [6.45, 7) is 1.10. The van der Waals surface area contributed by atoms with E-state index in [0.29, 0.717) is 19.0 Å². The molecule has 110 valence electrons. The molecular formula is C16H15ClFNO2. The van der Waals surface area contributed by atoms with Gasteiger partial charge >= 0.3 is 0 Å². The van der Waals surface area contributed by atoms with Crippen molar-refractivity contribution in [3.05, 3.63) is 58.4 Å². The van der Waals surface area contributed by atoms with Crippen molar-refractivity contribution in [1.29, 1.82) is 0 Å². The first-order valence-corrected chi connectivity index (χ1v) is 7.08. The number of hydrogen-bond donors (Lipinski definition) is 1. The van der Waals surface area contributed by atoms with Crippen molar-refractivity contribution < 1.29 is 13.9 Å². The molecule has 5 heteroatoms. The van der Waals surface area contributed by atoms with Crippen LogP contribution in [0.15, 0.2) is 36.4 Å². The second-order valence-electron chi connectivity index (χ2n) is 4.80. The van der Waals surface area contributed by atoms with Crippen LogP contribution in [0.2, 0.25) is 5.02 Å². The van der Waals surface area contributed by atoms with Crippen molar-refractivity contribution in [2.45, 2.75) is 6.04 Å². The fourth-order valence-electron chi connectivity index (χ4n) is 2.46. The lowest BCUT2D eigenvalue weighted by atomic mass is 9.98. The minimum absolute atomic E-state index is 0.121. The fourth-order valence-corrected chi connectivity index (χ4v) is 2.57. The van der Waals surface area contributed by atoms with Gasteiger partial charge in [-0.15, -0.1) is 0 Å². The number of rotatable bonds is 3. The summed E-state index contributed by atoms with van der Waals surface area (Å²) in [7, 11) is 1.83. The van der Waals surface area contributed by atoms with E-state index >= 15 is 0 Å². The molecule has 0 saturated carbocycles. The summed E-state index contributed by atoms with van der Waals surface area (Å²) in [6, 6.07) is 10.4. The van der Waals surface area contributed by atoms with E-state index in [2.05, 4.69) is 5.32 Å². The Hall–Kier alpha value is -1.78. The van der Waals surface area contributed by atoms with Gasteiger partial charge in [0.2, 0.25) is 0 Å². The molecule has 3 nitrogen and oxygen atoms in total. The zero-order chi connectivity index (χ0) is 14.8. The van der Waals surface area contributed by atoms with E-state index in [0.717, 1.165) is 16.9 Å². The first-order chi connectivity index (χ1) is 10.2. The highest BCUT2D eigenvalue weighted by Crippen LogP contribution is 2.34. The Morgan fingerprint density at radius 1 is 1.05 bits per heavy atom. The molecule has 0 spiro atoms. The molecule has 0 saturated heterocycles. The molecule has 0 aliphatic carbocycles. The van der Waals surface area contributed by atoms with Gasteiger partial charge in [0.25, 0.3) is 0 Å². The number of hydrogen-bond acceptors (Lipinski definition) is 3. The number of fused-ring (bicyclic) bond motifs is 1. The molecule has 21 heavy (non-hydrogen) atoms. The molecule has 0 radical (unpaired) electrons. The van der Waals surface area contributed by atoms with E-state index in [9.17, 15) is 4.39 Å². The van der Waals surface area contributed by atoms with Crippen LogP contribution in [0.3, 0.4) is 0 Å². The third-order valence-corrected chi connectivity index (χ3v) is 3.77. The van der Waals surface area contributed by atoms with Crippen LogP contribution >= 0.6 is 11.6 Å². The Kier molecular flexibility index (Phi) is 3.99. The standard InChI is InChI=1S/C16H15ClFNO2/c1-19-16(10-2-4-12(17)13(18)8-10)11-3-5-14-15(9-11)21-7-6-20-14/h2-5,8-9,16,19H,6-7H2,1H3. The van der Waals surface area contributed by atoms with Crippen LogP contribution in [0.5, 0.6) is 11.5 Å². The highest BCUT2D eigenvalue weighted by Gasteiger charge is 2.18. The third-order valence-electron chi connectivity index (χ3n) is 3.47. The quantitative estimate of drug-likeness (QED) is 0.940. The first kappa shape index (κ1) is 14.2. The maximum Gasteiger partial charge on any atom is 0.161 e. The van der Waals surface area contributed by atoms with Gasteiger partial charge in [0.15, 0.2) is 11.5 Å². The van der Waals surface area contributed by atoms with E-state index in [4.69, 9.17) is 21.1 Å². The Balaban J connectivity index is 1.97. The van der Waals surface area contributed by atoms with Gasteiger partial charge in [-0.25, -0.2) is 4.39 Å². The fraction of sp³-hybridized carbons (Fsp3) is 0.250. The van der Waals surface area contributed by atoms with E-state index in [1.165, 1.54) is 6.07 Å². The summed E-state index contributed by atoms with van der Waals surface area (Å²) in [5.41, 5.74) is 1.78. The monoisotopic (exact) mass is 307 g/mol. The smallest absolute Gasteiger partial charge is 0.161 e. The first-order valence-electron chi connectivity index (χ1n) is 6.71. The molecule has 3 rings (SSSR count). The van der Waals surface area contributed by atoms with Crippen molar-refractivity contribution in [1.82, 2.24) is 5.32 Å². The van der Waals surface area contributed by atoms with Crippen LogP contribution < -0.4 is 14.8 Å². The molecule has 1 heterocycles. The lowest BCUT2D eigenvalue weighted by Crippen LogP contribution is -2.19. The molecule has 0 amide bonds. The lowest BCUT2D eigenvalue weighted by molar-refractivity contribution is 0.171. The minimum Gasteiger partial charge on any atom is -0.486 e. The lowest BCUT2D eigenvalue weighted by Gasteiger charge is -2.22. The van der Waals surface area contributed by atoms with Crippen LogP contribution in [0.1, 0.15) is 17.2 Å². The molecule has 1 N–H and O–H groups in total. The van der Waals surface area contributed by atoms with Crippen molar-refractivity contribution in [2.75, 3.05) is 20.3 Å². The van der Waals surface area contributed by atoms with E-state index in [1.54, 1.807) is 6.07 Å². The van der Waals surface area contributed by atoms with Gasteiger partial charge in [-0.2, -0.15) is 0 Å². The molecule has 1 atom stereocenters. The highest BCUT2D eigenvalue weighted by molar-refractivity contribution is 6.30. The molecule has 0 fully saturated rings. The number of benzene rings is 2. The van der Waals surface area contributed by atoms with Gasteiger partial charge in [-0.3, -0.25) is 0 Å². The molecule has 1 aliphatic heterocycles. The van der Waals surface area contributed by atoms with Crippen molar-refractivity contribution in [3.63, 3.8) is 0 Å². The van der Waals surface area contributed by atoms with Gasteiger partial charge in [-0.1, -0.05) is 23.7 Å². The molecule has 0 aromatic heterocycles. The Morgan fingerprint density at radius 3 is 2.43 bits per heavy atom. The van der Waals surface area contributed by atoms with Gasteiger partial charge in [0, 0.05) is 0 Å². The van der Waals surface area contributed by atoms with Crippen molar-refractivity contribution >= 4 is 11.6 Å². The predicted octanol–water partition coefficient (Wildman–Crippen LogP) is 3.56. The largest absolute Gasteiger partial charge is 0.486 e. The molecule has 0 bridgehead atoms. The predicted molar refractivity (Wildman–Crippen MR) is 79.7 cm³/mol. The second kappa shape index (κ2) is 5.92. The summed E-state index contributed by atoms with van der Waals surface area (Å²) in [5.74, 6) is 1.03. The molecule has 1 aliphatic rings. The summed E-state index contributed by atoms with van der Waals surface area (Å²) in [4.78, 5) is 0. The van der Waals surface area contributed by atoms with Crippen LogP contribution in [-0.2, 0) is 0 Å². The normalized spacial score (nSPS) is 14.8.